The van der Waals surface area contributed by atoms with E-state index < -0.39 is 16.2 Å². The van der Waals surface area contributed by atoms with E-state index in [0.29, 0.717) is 30.3 Å². The molecule has 2 aromatic rings. The normalized spacial score (nSPS) is 16.4. The molecular formula is C19H24N4O4S. The second kappa shape index (κ2) is 8.34. The Morgan fingerprint density at radius 2 is 1.96 bits per heavy atom. The van der Waals surface area contributed by atoms with Gasteiger partial charge in [-0.15, -0.1) is 0 Å². The molecule has 1 N–H and O–H groups in total. The number of carboxylic acids is 1. The van der Waals surface area contributed by atoms with Crippen molar-refractivity contribution in [1.82, 2.24) is 18.6 Å². The van der Waals surface area contributed by atoms with E-state index in [9.17, 15) is 13.2 Å². The van der Waals surface area contributed by atoms with E-state index in [-0.39, 0.29) is 5.56 Å². The van der Waals surface area contributed by atoms with Gasteiger partial charge in [0.2, 0.25) is 0 Å². The van der Waals surface area contributed by atoms with Gasteiger partial charge >= 0.3 is 5.97 Å². The standard InChI is InChI=1S/C19H24N4O4S/c1-22(2)28(26,27)23-8-6-14(7-9-23)10-17-4-3-5-18(21-17)15-11-16(19(24)25)13-20-12-15/h3-5,11-14H,6-10H2,1-2H3,(H,24,25). The maximum atomic E-state index is 12.2. The van der Waals surface area contributed by atoms with Crippen molar-refractivity contribution in [3.05, 3.63) is 47.9 Å². The van der Waals surface area contributed by atoms with Gasteiger partial charge in [0.1, 0.15) is 0 Å². The van der Waals surface area contributed by atoms with Gasteiger partial charge in [-0.3, -0.25) is 9.97 Å². The summed E-state index contributed by atoms with van der Waals surface area (Å²) in [7, 11) is -0.261. The van der Waals surface area contributed by atoms with Crippen molar-refractivity contribution in [2.24, 2.45) is 5.92 Å². The van der Waals surface area contributed by atoms with Crippen LogP contribution in [0.15, 0.2) is 36.7 Å². The minimum Gasteiger partial charge on any atom is -0.478 e. The molecule has 1 aliphatic heterocycles. The van der Waals surface area contributed by atoms with Crippen LogP contribution in [0.4, 0.5) is 0 Å². The topological polar surface area (TPSA) is 104 Å². The minimum absolute atomic E-state index is 0.124. The molecule has 0 spiro atoms. The summed E-state index contributed by atoms with van der Waals surface area (Å²) in [4.78, 5) is 19.8. The first-order valence-corrected chi connectivity index (χ1v) is 10.5. The van der Waals surface area contributed by atoms with E-state index >= 15 is 0 Å². The van der Waals surface area contributed by atoms with Crippen LogP contribution in [0.1, 0.15) is 28.9 Å². The van der Waals surface area contributed by atoms with Gasteiger partial charge in [0, 0.05) is 50.8 Å². The second-order valence-corrected chi connectivity index (χ2v) is 9.26. The molecule has 0 atom stereocenters. The number of piperidine rings is 1. The number of hydrogen-bond acceptors (Lipinski definition) is 5. The van der Waals surface area contributed by atoms with Gasteiger partial charge in [0.25, 0.3) is 10.2 Å². The molecule has 28 heavy (non-hydrogen) atoms. The number of aromatic nitrogens is 2. The van der Waals surface area contributed by atoms with Crippen molar-refractivity contribution < 1.29 is 18.3 Å². The van der Waals surface area contributed by atoms with Gasteiger partial charge in [0.15, 0.2) is 0 Å². The molecule has 0 bridgehead atoms. The molecule has 3 heterocycles. The zero-order valence-corrected chi connectivity index (χ0v) is 16.8. The average molecular weight is 404 g/mol. The van der Waals surface area contributed by atoms with Gasteiger partial charge < -0.3 is 5.11 Å². The van der Waals surface area contributed by atoms with Crippen molar-refractivity contribution in [2.75, 3.05) is 27.2 Å². The summed E-state index contributed by atoms with van der Waals surface area (Å²) in [6, 6.07) is 7.24. The van der Waals surface area contributed by atoms with Crippen molar-refractivity contribution in [3.8, 4) is 11.3 Å². The van der Waals surface area contributed by atoms with Crippen LogP contribution in [0, 0.1) is 5.92 Å². The van der Waals surface area contributed by atoms with E-state index in [1.54, 1.807) is 26.4 Å². The summed E-state index contributed by atoms with van der Waals surface area (Å²) >= 11 is 0. The lowest BCUT2D eigenvalue weighted by Crippen LogP contribution is -2.44. The zero-order valence-electron chi connectivity index (χ0n) is 15.9. The number of pyridine rings is 2. The van der Waals surface area contributed by atoms with Crippen LogP contribution in [0.2, 0.25) is 0 Å². The number of rotatable bonds is 6. The first-order chi connectivity index (χ1) is 13.3. The third kappa shape index (κ3) is 4.54. The third-order valence-corrected chi connectivity index (χ3v) is 6.89. The number of carboxylic acid groups (broad SMARTS) is 1. The Hall–Kier alpha value is -2.36. The molecule has 0 aliphatic carbocycles. The fourth-order valence-corrected chi connectivity index (χ4v) is 4.46. The van der Waals surface area contributed by atoms with Crippen molar-refractivity contribution in [1.29, 1.82) is 0 Å². The number of aromatic carboxylic acids is 1. The third-order valence-electron chi connectivity index (χ3n) is 4.95. The predicted octanol–water partition coefficient (Wildman–Crippen LogP) is 1.90. The molecule has 0 amide bonds. The number of carbonyl (C=O) groups is 1. The van der Waals surface area contributed by atoms with Crippen LogP contribution in [0.3, 0.4) is 0 Å². The Bertz CT molecular complexity index is 954. The molecule has 1 saturated heterocycles. The van der Waals surface area contributed by atoms with E-state index in [2.05, 4.69) is 9.97 Å². The van der Waals surface area contributed by atoms with E-state index in [0.717, 1.165) is 25.0 Å². The Morgan fingerprint density at radius 1 is 1.25 bits per heavy atom. The molecule has 1 aliphatic rings. The highest BCUT2D eigenvalue weighted by atomic mass is 32.2. The molecule has 9 heteroatoms. The van der Waals surface area contributed by atoms with Crippen LogP contribution < -0.4 is 0 Å². The van der Waals surface area contributed by atoms with Gasteiger partial charge in [-0.2, -0.15) is 17.0 Å². The number of nitrogens with zero attached hydrogens (tertiary/aromatic N) is 4. The quantitative estimate of drug-likeness (QED) is 0.789. The van der Waals surface area contributed by atoms with Gasteiger partial charge in [-0.05, 0) is 43.4 Å². The molecule has 2 aromatic heterocycles. The van der Waals surface area contributed by atoms with Gasteiger partial charge in [0.05, 0.1) is 11.3 Å². The monoisotopic (exact) mass is 404 g/mol. The molecule has 1 fully saturated rings. The summed E-state index contributed by atoms with van der Waals surface area (Å²) in [5.74, 6) is -0.662. The second-order valence-electron chi connectivity index (χ2n) is 7.12. The summed E-state index contributed by atoms with van der Waals surface area (Å²) in [5.41, 5.74) is 2.38. The average Bonchev–Trinajstić information content (AvgIpc) is 2.68. The Labute approximate surface area is 165 Å². The first-order valence-electron chi connectivity index (χ1n) is 9.09. The van der Waals surface area contributed by atoms with Crippen LogP contribution >= 0.6 is 0 Å². The summed E-state index contributed by atoms with van der Waals surface area (Å²) in [5, 5.41) is 9.13. The van der Waals surface area contributed by atoms with Crippen molar-refractivity contribution in [3.63, 3.8) is 0 Å². The van der Waals surface area contributed by atoms with Crippen LogP contribution in [0.25, 0.3) is 11.3 Å². The first kappa shape index (κ1) is 20.4. The molecule has 0 saturated carbocycles. The van der Waals surface area contributed by atoms with E-state index in [1.165, 1.54) is 14.8 Å². The van der Waals surface area contributed by atoms with E-state index in [1.807, 2.05) is 18.2 Å². The summed E-state index contributed by atoms with van der Waals surface area (Å²) < 4.78 is 27.2. The van der Waals surface area contributed by atoms with Crippen LogP contribution in [-0.2, 0) is 16.6 Å². The highest BCUT2D eigenvalue weighted by molar-refractivity contribution is 7.86. The summed E-state index contributed by atoms with van der Waals surface area (Å²) in [6.45, 7) is 1.02. The Morgan fingerprint density at radius 3 is 2.61 bits per heavy atom. The fraction of sp³-hybridized carbons (Fsp3) is 0.421. The molecule has 0 radical (unpaired) electrons. The maximum absolute atomic E-state index is 12.2. The maximum Gasteiger partial charge on any atom is 0.337 e. The highest BCUT2D eigenvalue weighted by Crippen LogP contribution is 2.25. The molecule has 0 unspecified atom stereocenters. The minimum atomic E-state index is -3.35. The van der Waals surface area contributed by atoms with E-state index in [4.69, 9.17) is 5.11 Å². The Kier molecular flexibility index (Phi) is 6.07. The van der Waals surface area contributed by atoms with Crippen LogP contribution in [0.5, 0.6) is 0 Å². The molecule has 0 aromatic carbocycles. The molecule has 3 rings (SSSR count). The van der Waals surface area contributed by atoms with Gasteiger partial charge in [-0.1, -0.05) is 6.07 Å². The molecule has 8 nitrogen and oxygen atoms in total. The highest BCUT2D eigenvalue weighted by Gasteiger charge is 2.29. The predicted molar refractivity (Wildman–Crippen MR) is 105 cm³/mol. The van der Waals surface area contributed by atoms with Crippen molar-refractivity contribution >= 4 is 16.2 Å². The fourth-order valence-electron chi connectivity index (χ4n) is 3.32. The SMILES string of the molecule is CN(C)S(=O)(=O)N1CCC(Cc2cccc(-c3cncc(C(=O)O)c3)n2)CC1. The number of hydrogen-bond donors (Lipinski definition) is 1. The molecule has 150 valence electrons. The lowest BCUT2D eigenvalue weighted by molar-refractivity contribution is 0.0696. The van der Waals surface area contributed by atoms with Gasteiger partial charge in [-0.25, -0.2) is 4.79 Å². The lowest BCUT2D eigenvalue weighted by atomic mass is 9.93. The largest absolute Gasteiger partial charge is 0.478 e. The summed E-state index contributed by atoms with van der Waals surface area (Å²) in [6.07, 6.45) is 5.24. The smallest absolute Gasteiger partial charge is 0.337 e. The molecular weight excluding hydrogens is 380 g/mol. The van der Waals surface area contributed by atoms with Crippen LogP contribution in [-0.4, -0.2) is 65.3 Å². The Balaban J connectivity index is 1.68. The van der Waals surface area contributed by atoms with Crippen molar-refractivity contribution in [2.45, 2.75) is 19.3 Å². The zero-order chi connectivity index (χ0) is 20.3. The lowest BCUT2D eigenvalue weighted by Gasteiger charge is -2.32.